The molecule has 6 fully saturated rings. The van der Waals surface area contributed by atoms with Gasteiger partial charge >= 0.3 is 0 Å². The molecule has 0 heteroatoms. The Balaban J connectivity index is 1.63. The van der Waals surface area contributed by atoms with E-state index in [0.29, 0.717) is 16.2 Å². The molecule has 0 nitrogen and oxygen atoms in total. The molecular weight excluding hydrogens is 216 g/mol. The molecule has 2 bridgehead atoms. The summed E-state index contributed by atoms with van der Waals surface area (Å²) in [6, 6.07) is 0. The first-order valence-corrected chi connectivity index (χ1v) is 8.46. The zero-order valence-corrected chi connectivity index (χ0v) is 12.5. The summed E-state index contributed by atoms with van der Waals surface area (Å²) in [5.41, 5.74) is 2.05. The second kappa shape index (κ2) is 2.59. The highest BCUT2D eigenvalue weighted by Crippen LogP contribution is 2.97. The highest BCUT2D eigenvalue weighted by atomic mass is 15.0. The SMILES string of the molecule is CC1(C)[C@]2(C)[C@@H]3[C@@H]([C@H]4CC[C@@H]3C3CCCC34)[C@]12C. The molecule has 6 saturated carbocycles. The van der Waals surface area contributed by atoms with Crippen LogP contribution in [-0.4, -0.2) is 0 Å². The van der Waals surface area contributed by atoms with E-state index in [-0.39, 0.29) is 0 Å². The summed E-state index contributed by atoms with van der Waals surface area (Å²) in [6.07, 6.45) is 7.91. The Kier molecular flexibility index (Phi) is 1.55. The van der Waals surface area contributed by atoms with Gasteiger partial charge in [0.2, 0.25) is 0 Å². The monoisotopic (exact) mass is 244 g/mol. The smallest absolute Gasteiger partial charge is 0.0173 e. The van der Waals surface area contributed by atoms with Crippen molar-refractivity contribution in [3.63, 3.8) is 0 Å². The number of rotatable bonds is 0. The van der Waals surface area contributed by atoms with Gasteiger partial charge in [0.1, 0.15) is 0 Å². The normalized spacial score (nSPS) is 70.0. The second-order valence-corrected chi connectivity index (χ2v) is 9.24. The van der Waals surface area contributed by atoms with E-state index < -0.39 is 0 Å². The van der Waals surface area contributed by atoms with Crippen LogP contribution in [0.5, 0.6) is 0 Å². The fourth-order valence-corrected chi connectivity index (χ4v) is 8.74. The third-order valence-corrected chi connectivity index (χ3v) is 9.81. The van der Waals surface area contributed by atoms with Gasteiger partial charge in [0.25, 0.3) is 0 Å². The van der Waals surface area contributed by atoms with Gasteiger partial charge in [-0.15, -0.1) is 0 Å². The Hall–Kier alpha value is 0. The van der Waals surface area contributed by atoms with Crippen LogP contribution in [0.1, 0.15) is 59.8 Å². The zero-order chi connectivity index (χ0) is 12.5. The van der Waals surface area contributed by atoms with Crippen molar-refractivity contribution in [1.29, 1.82) is 0 Å². The first-order chi connectivity index (χ1) is 8.46. The summed E-state index contributed by atoms with van der Waals surface area (Å²) in [5.74, 6) is 6.82. The van der Waals surface area contributed by atoms with E-state index in [2.05, 4.69) is 27.7 Å². The third kappa shape index (κ3) is 0.694. The van der Waals surface area contributed by atoms with Crippen LogP contribution in [0.3, 0.4) is 0 Å². The van der Waals surface area contributed by atoms with Crippen LogP contribution in [0.15, 0.2) is 0 Å². The van der Waals surface area contributed by atoms with E-state index in [4.69, 9.17) is 0 Å². The molecule has 0 aromatic heterocycles. The van der Waals surface area contributed by atoms with E-state index in [1.54, 1.807) is 32.1 Å². The summed E-state index contributed by atoms with van der Waals surface area (Å²) < 4.78 is 0. The highest BCUT2D eigenvalue weighted by Gasteiger charge is 2.93. The third-order valence-electron chi connectivity index (χ3n) is 9.81. The first kappa shape index (κ1) is 10.7. The van der Waals surface area contributed by atoms with E-state index >= 15 is 0 Å². The van der Waals surface area contributed by atoms with Gasteiger partial charge in [0.05, 0.1) is 0 Å². The lowest BCUT2D eigenvalue weighted by Gasteiger charge is -2.66. The molecule has 0 spiro atoms. The average molecular weight is 244 g/mol. The minimum atomic E-state index is 0.634. The van der Waals surface area contributed by atoms with Gasteiger partial charge in [-0.25, -0.2) is 0 Å². The first-order valence-electron chi connectivity index (χ1n) is 8.46. The van der Waals surface area contributed by atoms with E-state index in [9.17, 15) is 0 Å². The lowest BCUT2D eigenvalue weighted by Crippen LogP contribution is -2.61. The molecule has 0 aliphatic heterocycles. The molecule has 0 aromatic rings. The topological polar surface area (TPSA) is 0 Å². The Morgan fingerprint density at radius 1 is 0.611 bits per heavy atom. The highest BCUT2D eigenvalue weighted by molar-refractivity contribution is 5.40. The molecule has 8 atom stereocenters. The maximum absolute atomic E-state index is 2.65. The van der Waals surface area contributed by atoms with Crippen molar-refractivity contribution in [3.8, 4) is 0 Å². The molecule has 0 aromatic carbocycles. The molecule has 0 N–H and O–H groups in total. The van der Waals surface area contributed by atoms with Crippen LogP contribution in [0, 0.1) is 51.8 Å². The lowest BCUT2D eigenvalue weighted by atomic mass is 9.39. The zero-order valence-electron chi connectivity index (χ0n) is 12.5. The molecule has 2 unspecified atom stereocenters. The predicted molar refractivity (Wildman–Crippen MR) is 74.0 cm³/mol. The average Bonchev–Trinajstić information content (AvgIpc) is 2.79. The molecule has 6 aliphatic rings. The molecular formula is C18H28. The summed E-state index contributed by atoms with van der Waals surface area (Å²) in [6.45, 7) is 10.5. The Bertz CT molecular complexity index is 397. The Labute approximate surface area is 112 Å². The van der Waals surface area contributed by atoms with Crippen molar-refractivity contribution in [2.75, 3.05) is 0 Å². The van der Waals surface area contributed by atoms with Crippen LogP contribution >= 0.6 is 0 Å². The van der Waals surface area contributed by atoms with Gasteiger partial charge in [-0.1, -0.05) is 34.1 Å². The van der Waals surface area contributed by atoms with E-state index in [1.807, 2.05) is 0 Å². The maximum Gasteiger partial charge on any atom is -0.0173 e. The van der Waals surface area contributed by atoms with Gasteiger partial charge in [-0.3, -0.25) is 0 Å². The Morgan fingerprint density at radius 3 is 1.50 bits per heavy atom. The molecule has 6 aliphatic carbocycles. The van der Waals surface area contributed by atoms with Crippen molar-refractivity contribution < 1.29 is 0 Å². The van der Waals surface area contributed by atoms with Crippen LogP contribution in [0.2, 0.25) is 0 Å². The van der Waals surface area contributed by atoms with E-state index in [1.165, 1.54) is 0 Å². The van der Waals surface area contributed by atoms with Gasteiger partial charge in [-0.2, -0.15) is 0 Å². The van der Waals surface area contributed by atoms with Crippen LogP contribution in [0.4, 0.5) is 0 Å². The van der Waals surface area contributed by atoms with Crippen molar-refractivity contribution in [1.82, 2.24) is 0 Å². The van der Waals surface area contributed by atoms with Gasteiger partial charge in [0.15, 0.2) is 0 Å². The van der Waals surface area contributed by atoms with E-state index in [0.717, 1.165) is 35.5 Å². The summed E-state index contributed by atoms with van der Waals surface area (Å²) >= 11 is 0. The van der Waals surface area contributed by atoms with Crippen LogP contribution < -0.4 is 0 Å². The van der Waals surface area contributed by atoms with Gasteiger partial charge < -0.3 is 0 Å². The summed E-state index contributed by atoms with van der Waals surface area (Å²) in [4.78, 5) is 0. The second-order valence-electron chi connectivity index (χ2n) is 9.24. The minimum absolute atomic E-state index is 0.634. The maximum atomic E-state index is 2.65. The van der Waals surface area contributed by atoms with Crippen LogP contribution in [-0.2, 0) is 0 Å². The number of fused-ring (bicyclic) bond motifs is 2. The number of hydrogen-bond donors (Lipinski definition) is 0. The summed E-state index contributed by atoms with van der Waals surface area (Å²) in [5, 5.41) is 0. The molecule has 18 heavy (non-hydrogen) atoms. The molecule has 6 rings (SSSR count). The lowest BCUT2D eigenvalue weighted by molar-refractivity contribution is -0.184. The Morgan fingerprint density at radius 2 is 1.06 bits per heavy atom. The number of hydrogen-bond acceptors (Lipinski definition) is 0. The van der Waals surface area contributed by atoms with Crippen molar-refractivity contribution in [2.24, 2.45) is 51.8 Å². The quantitative estimate of drug-likeness (QED) is 0.577. The minimum Gasteiger partial charge on any atom is -0.0588 e. The predicted octanol–water partition coefficient (Wildman–Crippen LogP) is 4.74. The molecule has 0 saturated heterocycles. The fourth-order valence-electron chi connectivity index (χ4n) is 8.74. The van der Waals surface area contributed by atoms with Gasteiger partial charge in [-0.05, 0) is 77.4 Å². The summed E-state index contributed by atoms with van der Waals surface area (Å²) in [7, 11) is 0. The largest absolute Gasteiger partial charge is 0.0588 e. The van der Waals surface area contributed by atoms with Crippen LogP contribution in [0.25, 0.3) is 0 Å². The standard InChI is InChI=1S/C18H28/c1-16(2)17(3)14-12-8-9-13(15(14)18(16,17)4)11-7-5-6-10(11)12/h10-15H,5-9H2,1-4H3/t10?,11?,12-,13+,14+,15-,17+,18-. The van der Waals surface area contributed by atoms with Crippen molar-refractivity contribution in [2.45, 2.75) is 59.8 Å². The molecule has 0 amide bonds. The van der Waals surface area contributed by atoms with Gasteiger partial charge in [0, 0.05) is 0 Å². The fraction of sp³-hybridized carbons (Fsp3) is 1.00. The molecule has 100 valence electrons. The molecule has 0 radical (unpaired) electrons. The molecule has 0 heterocycles. The van der Waals surface area contributed by atoms with Crippen molar-refractivity contribution >= 4 is 0 Å². The van der Waals surface area contributed by atoms with Crippen molar-refractivity contribution in [3.05, 3.63) is 0 Å².